The number of halogens is 4. The maximum absolute atomic E-state index is 12.9. The topological polar surface area (TPSA) is 42.0 Å². The smallest absolute Gasteiger partial charge is 0.341 e. The van der Waals surface area contributed by atoms with Gasteiger partial charge in [-0.2, -0.15) is 13.2 Å². The van der Waals surface area contributed by atoms with Crippen LogP contribution in [0.15, 0.2) is 18.3 Å². The van der Waals surface area contributed by atoms with Gasteiger partial charge in [-0.3, -0.25) is 4.79 Å². The Labute approximate surface area is 106 Å². The molecule has 1 unspecified atom stereocenters. The monoisotopic (exact) mass is 278 g/mol. The highest BCUT2D eigenvalue weighted by molar-refractivity contribution is 6.29. The average Bonchev–Trinajstić information content (AvgIpc) is 3.09. The van der Waals surface area contributed by atoms with Crippen molar-refractivity contribution in [1.82, 2.24) is 10.3 Å². The molecule has 1 aliphatic rings. The fourth-order valence-electron chi connectivity index (χ4n) is 1.52. The molecule has 18 heavy (non-hydrogen) atoms. The summed E-state index contributed by atoms with van der Waals surface area (Å²) in [6, 6.07) is 0.440. The summed E-state index contributed by atoms with van der Waals surface area (Å²) in [5.74, 6) is -0.845. The fourth-order valence-corrected chi connectivity index (χ4v) is 1.63. The lowest BCUT2D eigenvalue weighted by molar-refractivity contribution is -0.163. The third-order valence-corrected chi connectivity index (χ3v) is 2.87. The van der Waals surface area contributed by atoms with E-state index in [-0.39, 0.29) is 16.6 Å². The number of rotatable bonds is 3. The molecule has 0 saturated heterocycles. The molecule has 1 aromatic rings. The summed E-state index contributed by atoms with van der Waals surface area (Å²) in [7, 11) is 0. The summed E-state index contributed by atoms with van der Waals surface area (Å²) < 4.78 is 38.6. The number of amides is 1. The number of carbonyl (C=O) groups is 1. The maximum Gasteiger partial charge on any atom is 0.412 e. The molecule has 1 heterocycles. The van der Waals surface area contributed by atoms with Crippen LogP contribution in [0.3, 0.4) is 0 Å². The molecule has 0 bridgehead atoms. The highest BCUT2D eigenvalue weighted by atomic mass is 35.5. The number of nitrogens with one attached hydrogen (secondary N) is 1. The lowest BCUT2D eigenvalue weighted by Crippen LogP contribution is -2.38. The van der Waals surface area contributed by atoms with Gasteiger partial charge in [-0.1, -0.05) is 17.7 Å². The quantitative estimate of drug-likeness (QED) is 0.864. The van der Waals surface area contributed by atoms with Crippen molar-refractivity contribution in [3.05, 3.63) is 29.0 Å². The second-order valence-electron chi connectivity index (χ2n) is 4.17. The standard InChI is InChI=1S/C11H10ClF3N2O/c12-8-4-3-7(5-16-8)9(11(13,14)15)17-10(18)6-1-2-6/h3-6,9H,1-2H2,(H,17,18). The summed E-state index contributed by atoms with van der Waals surface area (Å²) in [6.07, 6.45) is -2.24. The van der Waals surface area contributed by atoms with E-state index in [0.29, 0.717) is 12.8 Å². The third-order valence-electron chi connectivity index (χ3n) is 2.65. The van der Waals surface area contributed by atoms with Crippen molar-refractivity contribution in [1.29, 1.82) is 0 Å². The minimum Gasteiger partial charge on any atom is -0.341 e. The summed E-state index contributed by atoms with van der Waals surface area (Å²) >= 11 is 5.52. The molecule has 7 heteroatoms. The summed E-state index contributed by atoms with van der Waals surface area (Å²) in [4.78, 5) is 15.0. The fraction of sp³-hybridized carbons (Fsp3) is 0.455. The highest BCUT2D eigenvalue weighted by Gasteiger charge is 2.44. The van der Waals surface area contributed by atoms with Gasteiger partial charge in [-0.25, -0.2) is 4.98 Å². The van der Waals surface area contributed by atoms with Gasteiger partial charge in [-0.15, -0.1) is 0 Å². The lowest BCUT2D eigenvalue weighted by Gasteiger charge is -2.21. The molecule has 0 aliphatic heterocycles. The Bertz CT molecular complexity index is 443. The van der Waals surface area contributed by atoms with E-state index in [1.54, 1.807) is 0 Å². The van der Waals surface area contributed by atoms with Crippen molar-refractivity contribution in [2.75, 3.05) is 0 Å². The molecule has 0 aromatic carbocycles. The van der Waals surface area contributed by atoms with Crippen LogP contribution >= 0.6 is 11.6 Å². The number of hydrogen-bond donors (Lipinski definition) is 1. The molecule has 1 amide bonds. The molecule has 1 fully saturated rings. The van der Waals surface area contributed by atoms with Crippen LogP contribution in [0.2, 0.25) is 5.15 Å². The van der Waals surface area contributed by atoms with Crippen molar-refractivity contribution in [2.45, 2.75) is 25.1 Å². The summed E-state index contributed by atoms with van der Waals surface area (Å²) in [5.41, 5.74) is -0.124. The van der Waals surface area contributed by atoms with E-state index in [1.165, 1.54) is 12.1 Å². The Hall–Kier alpha value is -1.30. The van der Waals surface area contributed by atoms with E-state index < -0.39 is 18.1 Å². The molecule has 0 radical (unpaired) electrons. The van der Waals surface area contributed by atoms with Crippen molar-refractivity contribution in [3.8, 4) is 0 Å². The highest BCUT2D eigenvalue weighted by Crippen LogP contribution is 2.35. The van der Waals surface area contributed by atoms with Gasteiger partial charge in [0.25, 0.3) is 0 Å². The molecule has 0 spiro atoms. The molecular weight excluding hydrogens is 269 g/mol. The van der Waals surface area contributed by atoms with Gasteiger partial charge in [0.15, 0.2) is 6.04 Å². The minimum atomic E-state index is -4.56. The molecular formula is C11H10ClF3N2O. The Balaban J connectivity index is 2.19. The van der Waals surface area contributed by atoms with Crippen LogP contribution < -0.4 is 5.32 Å². The SMILES string of the molecule is O=C(NC(c1ccc(Cl)nc1)C(F)(F)F)C1CC1. The normalized spacial score (nSPS) is 17.3. The number of hydrogen-bond acceptors (Lipinski definition) is 2. The van der Waals surface area contributed by atoms with E-state index in [2.05, 4.69) is 4.98 Å². The van der Waals surface area contributed by atoms with Crippen LogP contribution in [-0.2, 0) is 4.79 Å². The van der Waals surface area contributed by atoms with Gasteiger partial charge in [0.2, 0.25) is 5.91 Å². The van der Waals surface area contributed by atoms with Crippen LogP contribution in [0.4, 0.5) is 13.2 Å². The first kappa shape index (κ1) is 13.1. The molecule has 3 nitrogen and oxygen atoms in total. The number of pyridine rings is 1. The Morgan fingerprint density at radius 1 is 1.44 bits per heavy atom. The third kappa shape index (κ3) is 3.13. The number of nitrogens with zero attached hydrogens (tertiary/aromatic N) is 1. The van der Waals surface area contributed by atoms with Crippen LogP contribution in [0, 0.1) is 5.92 Å². The van der Waals surface area contributed by atoms with Crippen molar-refractivity contribution >= 4 is 17.5 Å². The van der Waals surface area contributed by atoms with Crippen molar-refractivity contribution < 1.29 is 18.0 Å². The van der Waals surface area contributed by atoms with E-state index >= 15 is 0 Å². The zero-order chi connectivity index (χ0) is 13.3. The zero-order valence-electron chi connectivity index (χ0n) is 9.17. The van der Waals surface area contributed by atoms with Gasteiger partial charge >= 0.3 is 6.18 Å². The second kappa shape index (κ2) is 4.76. The van der Waals surface area contributed by atoms with Gasteiger partial charge in [0, 0.05) is 17.7 Å². The zero-order valence-corrected chi connectivity index (χ0v) is 9.92. The molecule has 1 N–H and O–H groups in total. The van der Waals surface area contributed by atoms with Gasteiger partial charge in [0.05, 0.1) is 0 Å². The first-order valence-electron chi connectivity index (χ1n) is 5.36. The maximum atomic E-state index is 12.9. The van der Waals surface area contributed by atoms with E-state index in [1.807, 2.05) is 5.32 Å². The summed E-state index contributed by atoms with van der Waals surface area (Å²) in [6.45, 7) is 0. The Morgan fingerprint density at radius 2 is 2.11 bits per heavy atom. The molecule has 1 aliphatic carbocycles. The Kier molecular flexibility index (Phi) is 3.47. The number of carbonyl (C=O) groups excluding carboxylic acids is 1. The van der Waals surface area contributed by atoms with E-state index in [0.717, 1.165) is 6.20 Å². The van der Waals surface area contributed by atoms with Crippen molar-refractivity contribution in [3.63, 3.8) is 0 Å². The molecule has 98 valence electrons. The largest absolute Gasteiger partial charge is 0.412 e. The molecule has 1 atom stereocenters. The summed E-state index contributed by atoms with van der Waals surface area (Å²) in [5, 5.41) is 2.11. The first-order valence-corrected chi connectivity index (χ1v) is 5.74. The Morgan fingerprint density at radius 3 is 2.56 bits per heavy atom. The van der Waals surface area contributed by atoms with Crippen LogP contribution in [0.25, 0.3) is 0 Å². The van der Waals surface area contributed by atoms with Gasteiger partial charge in [-0.05, 0) is 18.9 Å². The minimum absolute atomic E-state index is 0.105. The average molecular weight is 279 g/mol. The van der Waals surface area contributed by atoms with Gasteiger partial charge in [0.1, 0.15) is 5.15 Å². The molecule has 1 aromatic heterocycles. The predicted octanol–water partition coefficient (Wildman–Crippen LogP) is 2.86. The predicted molar refractivity (Wildman–Crippen MR) is 58.9 cm³/mol. The second-order valence-corrected chi connectivity index (χ2v) is 4.56. The van der Waals surface area contributed by atoms with Crippen LogP contribution in [0.1, 0.15) is 24.4 Å². The number of aromatic nitrogens is 1. The van der Waals surface area contributed by atoms with E-state index in [9.17, 15) is 18.0 Å². The number of alkyl halides is 3. The first-order chi connectivity index (χ1) is 8.38. The van der Waals surface area contributed by atoms with E-state index in [4.69, 9.17) is 11.6 Å². The van der Waals surface area contributed by atoms with Crippen LogP contribution in [0.5, 0.6) is 0 Å². The lowest BCUT2D eigenvalue weighted by atomic mass is 10.1. The molecule has 1 saturated carbocycles. The molecule has 2 rings (SSSR count). The van der Waals surface area contributed by atoms with Gasteiger partial charge < -0.3 is 5.32 Å². The van der Waals surface area contributed by atoms with Crippen molar-refractivity contribution in [2.24, 2.45) is 5.92 Å². The van der Waals surface area contributed by atoms with Crippen LogP contribution in [-0.4, -0.2) is 17.1 Å².